The number of benzene rings is 1. The Morgan fingerprint density at radius 1 is 1.29 bits per heavy atom. The molecule has 3 aromatic rings. The van der Waals surface area contributed by atoms with Crippen LogP contribution in [0.5, 0.6) is 0 Å². The van der Waals surface area contributed by atoms with Crippen LogP contribution in [0.25, 0.3) is 27.2 Å². The number of carboxylic acid groups (broad SMARTS) is 1. The van der Waals surface area contributed by atoms with E-state index in [0.717, 1.165) is 15.8 Å². The Morgan fingerprint density at radius 3 is 2.66 bits per heavy atom. The number of nitrogens with one attached hydrogen (secondary N) is 2. The van der Waals surface area contributed by atoms with Crippen LogP contribution in [0.15, 0.2) is 48.2 Å². The third kappa shape index (κ3) is 6.77. The number of hydrogen-bond donors (Lipinski definition) is 4. The number of aliphatic carboxylic acids is 1. The minimum Gasteiger partial charge on any atom is -0.481 e. The van der Waals surface area contributed by atoms with Crippen LogP contribution in [0.1, 0.15) is 46.1 Å². The number of allylic oxidation sites excluding steroid dienone is 2. The van der Waals surface area contributed by atoms with Crippen LogP contribution < -0.4 is 15.5 Å². The molecule has 3 heterocycles. The minimum atomic E-state index is -0.777. The zero-order valence-electron chi connectivity index (χ0n) is 23.6. The fourth-order valence-electron chi connectivity index (χ4n) is 4.34. The van der Waals surface area contributed by atoms with E-state index < -0.39 is 17.5 Å². The van der Waals surface area contributed by atoms with Gasteiger partial charge in [-0.2, -0.15) is 0 Å². The molecule has 0 saturated carbocycles. The van der Waals surface area contributed by atoms with Crippen molar-refractivity contribution in [2.75, 3.05) is 29.9 Å². The molecule has 2 aromatic heterocycles. The molecule has 41 heavy (non-hydrogen) atoms. The summed E-state index contributed by atoms with van der Waals surface area (Å²) >= 11 is 1.32. The predicted octanol–water partition coefficient (Wildman–Crippen LogP) is 4.95. The lowest BCUT2D eigenvalue weighted by Gasteiger charge is -2.37. The van der Waals surface area contributed by atoms with E-state index >= 15 is 0 Å². The van der Waals surface area contributed by atoms with Crippen molar-refractivity contribution in [3.63, 3.8) is 0 Å². The van der Waals surface area contributed by atoms with Crippen LogP contribution in [0.4, 0.5) is 15.7 Å². The van der Waals surface area contributed by atoms with Crippen molar-refractivity contribution < 1.29 is 19.8 Å². The van der Waals surface area contributed by atoms with Crippen molar-refractivity contribution in [1.82, 2.24) is 20.3 Å². The number of carbonyl (C=O) groups excluding carboxylic acids is 1. The van der Waals surface area contributed by atoms with E-state index in [1.165, 1.54) is 11.3 Å². The standard InChI is InChI=1S/C29H35N7O4S/c1-6-19(16-32-17(3)18(4)37)20-14-21(24-22(15-20)33-28(41-24)35-27(40)30-7-2)25-31-11-8-23(34-25)36-12-9-29(5,10-13-36)26(38)39/h6,8,11,14-16,18,37H,1,7,9-10,12-13H2,2-5H3,(H,38,39)(H2,30,33,35,40)/b19-16+,32-17?. The van der Waals surface area contributed by atoms with Gasteiger partial charge in [0.25, 0.3) is 0 Å². The Labute approximate surface area is 242 Å². The highest BCUT2D eigenvalue weighted by atomic mass is 32.1. The van der Waals surface area contributed by atoms with E-state index in [0.29, 0.717) is 66.1 Å². The summed E-state index contributed by atoms with van der Waals surface area (Å²) in [5.41, 5.74) is 2.65. The molecule has 4 N–H and O–H groups in total. The molecule has 1 fully saturated rings. The minimum absolute atomic E-state index is 0.348. The fourth-order valence-corrected chi connectivity index (χ4v) is 5.29. The maximum Gasteiger partial charge on any atom is 0.321 e. The third-order valence-electron chi connectivity index (χ3n) is 7.20. The first-order chi connectivity index (χ1) is 19.5. The molecule has 216 valence electrons. The number of aliphatic hydroxyl groups excluding tert-OH is 1. The molecule has 1 aromatic carbocycles. The van der Waals surface area contributed by atoms with Gasteiger partial charge in [-0.25, -0.2) is 19.7 Å². The summed E-state index contributed by atoms with van der Waals surface area (Å²) in [7, 11) is 0. The number of aliphatic hydroxyl groups is 1. The van der Waals surface area contributed by atoms with Gasteiger partial charge in [-0.1, -0.05) is 24.0 Å². The molecular weight excluding hydrogens is 542 g/mol. The monoisotopic (exact) mass is 577 g/mol. The Kier molecular flexibility index (Phi) is 9.14. The van der Waals surface area contributed by atoms with Crippen LogP contribution in [0, 0.1) is 5.41 Å². The number of thiazole rings is 1. The highest BCUT2D eigenvalue weighted by Crippen LogP contribution is 2.38. The van der Waals surface area contributed by atoms with Crippen LogP contribution in [0.3, 0.4) is 0 Å². The van der Waals surface area contributed by atoms with Gasteiger partial charge in [-0.15, -0.1) is 0 Å². The highest BCUT2D eigenvalue weighted by molar-refractivity contribution is 7.22. The van der Waals surface area contributed by atoms with Gasteiger partial charge >= 0.3 is 12.0 Å². The second-order valence-electron chi connectivity index (χ2n) is 10.2. The number of piperidine rings is 1. The molecular formula is C29H35N7O4S. The molecule has 0 radical (unpaired) electrons. The van der Waals surface area contributed by atoms with Crippen molar-refractivity contribution in [2.45, 2.75) is 46.6 Å². The van der Waals surface area contributed by atoms with Gasteiger partial charge in [-0.05, 0) is 69.9 Å². The first kappa shape index (κ1) is 29.8. The van der Waals surface area contributed by atoms with Gasteiger partial charge in [0.1, 0.15) is 5.82 Å². The van der Waals surface area contributed by atoms with Crippen molar-refractivity contribution in [2.24, 2.45) is 10.4 Å². The van der Waals surface area contributed by atoms with E-state index in [1.807, 2.05) is 25.1 Å². The first-order valence-corrected chi connectivity index (χ1v) is 14.2. The number of anilines is 2. The van der Waals surface area contributed by atoms with Gasteiger partial charge in [0.05, 0.1) is 21.7 Å². The summed E-state index contributed by atoms with van der Waals surface area (Å²) in [6.45, 7) is 12.6. The molecule has 4 rings (SSSR count). The molecule has 1 saturated heterocycles. The molecule has 0 aliphatic carbocycles. The lowest BCUT2D eigenvalue weighted by atomic mass is 9.80. The number of hydrogen-bond acceptors (Lipinski definition) is 9. The van der Waals surface area contributed by atoms with Gasteiger partial charge < -0.3 is 20.4 Å². The van der Waals surface area contributed by atoms with Gasteiger partial charge in [0.2, 0.25) is 0 Å². The normalized spacial score (nSPS) is 16.4. The van der Waals surface area contributed by atoms with E-state index in [9.17, 15) is 19.8 Å². The second kappa shape index (κ2) is 12.6. The number of rotatable bonds is 9. The van der Waals surface area contributed by atoms with Crippen molar-refractivity contribution >= 4 is 55.8 Å². The van der Waals surface area contributed by atoms with E-state index in [4.69, 9.17) is 4.98 Å². The Hall–Kier alpha value is -4.16. The number of nitrogens with zero attached hydrogens (tertiary/aromatic N) is 5. The van der Waals surface area contributed by atoms with Crippen molar-refractivity contribution in [3.05, 3.63) is 48.8 Å². The first-order valence-electron chi connectivity index (χ1n) is 13.4. The molecule has 0 spiro atoms. The molecule has 12 heteroatoms. The van der Waals surface area contributed by atoms with Crippen molar-refractivity contribution in [1.29, 1.82) is 0 Å². The van der Waals surface area contributed by atoms with E-state index in [1.54, 1.807) is 39.2 Å². The maximum absolute atomic E-state index is 12.2. The quantitative estimate of drug-likeness (QED) is 0.206. The SMILES string of the molecule is C=C/C(=C\N=C(C)C(C)O)c1cc(-c2nccc(N3CCC(C)(C(=O)O)CC3)n2)c2sc(NC(=O)NCC)nc2c1. The van der Waals surface area contributed by atoms with E-state index in [2.05, 4.69) is 37.1 Å². The van der Waals surface area contributed by atoms with Crippen LogP contribution >= 0.6 is 11.3 Å². The molecule has 1 aliphatic rings. The summed E-state index contributed by atoms with van der Waals surface area (Å²) in [5.74, 6) is 0.407. The topological polar surface area (TPSA) is 153 Å². The maximum atomic E-state index is 12.2. The summed E-state index contributed by atoms with van der Waals surface area (Å²) in [4.78, 5) is 44.5. The number of aliphatic imine (C=N–C) groups is 1. The molecule has 1 aliphatic heterocycles. The largest absolute Gasteiger partial charge is 0.481 e. The lowest BCUT2D eigenvalue weighted by Crippen LogP contribution is -2.43. The Balaban J connectivity index is 1.79. The number of carbonyl (C=O) groups is 2. The van der Waals surface area contributed by atoms with Gasteiger partial charge in [0, 0.05) is 43.3 Å². The van der Waals surface area contributed by atoms with Crippen LogP contribution in [-0.4, -0.2) is 68.6 Å². The smallest absolute Gasteiger partial charge is 0.321 e. The average Bonchev–Trinajstić information content (AvgIpc) is 3.35. The van der Waals surface area contributed by atoms with Gasteiger partial charge in [-0.3, -0.25) is 15.1 Å². The molecule has 11 nitrogen and oxygen atoms in total. The number of amides is 2. The predicted molar refractivity (Wildman–Crippen MR) is 163 cm³/mol. The Bertz CT molecular complexity index is 1520. The molecule has 1 atom stereocenters. The number of aromatic nitrogens is 3. The second-order valence-corrected chi connectivity index (χ2v) is 11.2. The summed E-state index contributed by atoms with van der Waals surface area (Å²) in [6, 6.07) is 5.30. The number of carboxylic acids is 1. The Morgan fingerprint density at radius 2 is 2.02 bits per heavy atom. The summed E-state index contributed by atoms with van der Waals surface area (Å²) < 4.78 is 0.793. The molecule has 0 bridgehead atoms. The van der Waals surface area contributed by atoms with Crippen LogP contribution in [0.2, 0.25) is 0 Å². The summed E-state index contributed by atoms with van der Waals surface area (Å²) in [5, 5.41) is 25.4. The van der Waals surface area contributed by atoms with Gasteiger partial charge in [0.15, 0.2) is 11.0 Å². The molecule has 1 unspecified atom stereocenters. The summed E-state index contributed by atoms with van der Waals surface area (Å²) in [6.07, 6.45) is 5.36. The van der Waals surface area contributed by atoms with Crippen molar-refractivity contribution in [3.8, 4) is 11.4 Å². The zero-order valence-corrected chi connectivity index (χ0v) is 24.5. The van der Waals surface area contributed by atoms with Crippen LogP contribution in [-0.2, 0) is 4.79 Å². The van der Waals surface area contributed by atoms with E-state index in [-0.39, 0.29) is 6.03 Å². The average molecular weight is 578 g/mol. The molecule has 2 amide bonds. The lowest BCUT2D eigenvalue weighted by molar-refractivity contribution is -0.149. The zero-order chi connectivity index (χ0) is 29.7. The fraction of sp³-hybridized carbons (Fsp3) is 0.379. The number of fused-ring (bicyclic) bond motifs is 1. The highest BCUT2D eigenvalue weighted by Gasteiger charge is 2.37. The number of urea groups is 1. The third-order valence-corrected chi connectivity index (χ3v) is 8.22.